The number of fused-ring (bicyclic) bond motifs is 1. The molecule has 1 amide bonds. The minimum absolute atomic E-state index is 0.176. The number of rotatable bonds is 10. The zero-order valence-electron chi connectivity index (χ0n) is 24.5. The van der Waals surface area contributed by atoms with Crippen molar-refractivity contribution in [2.75, 3.05) is 32.4 Å². The highest BCUT2D eigenvalue weighted by Crippen LogP contribution is 2.38. The zero-order valence-corrected chi connectivity index (χ0v) is 26.1. The van der Waals surface area contributed by atoms with Crippen molar-refractivity contribution < 1.29 is 23.8 Å². The highest BCUT2D eigenvalue weighted by molar-refractivity contribution is 7.99. The fourth-order valence-corrected chi connectivity index (χ4v) is 7.03. The number of hydrogen-bond acceptors (Lipinski definition) is 10. The number of hydrogen-bond donors (Lipinski definition) is 1. The predicted octanol–water partition coefficient (Wildman–Crippen LogP) is 6.85. The number of thiophene rings is 1. The van der Waals surface area contributed by atoms with Gasteiger partial charge in [0.2, 0.25) is 11.1 Å². The minimum atomic E-state index is -0.398. The van der Waals surface area contributed by atoms with Gasteiger partial charge in [-0.15, -0.1) is 21.5 Å². The maximum absolute atomic E-state index is 13.0. The van der Waals surface area contributed by atoms with Crippen LogP contribution in [0.2, 0.25) is 0 Å². The van der Waals surface area contributed by atoms with Crippen LogP contribution < -0.4 is 14.8 Å². The van der Waals surface area contributed by atoms with Crippen molar-refractivity contribution in [1.82, 2.24) is 15.2 Å². The SMILES string of the molecule is COC(=O)c1c(NC(=O)CCSc2nnc(-c3ccc(OC)cc3)c(-c3ccc(OC)cc3)n2)sc2c1CCCCCC2. The molecule has 9 nitrogen and oxygen atoms in total. The molecule has 0 fully saturated rings. The van der Waals surface area contributed by atoms with Gasteiger partial charge in [0, 0.05) is 28.2 Å². The van der Waals surface area contributed by atoms with Crippen LogP contribution in [-0.2, 0) is 22.4 Å². The maximum atomic E-state index is 13.0. The number of amides is 1. The Morgan fingerprint density at radius 2 is 1.47 bits per heavy atom. The average Bonchev–Trinajstić information content (AvgIpc) is 3.35. The van der Waals surface area contributed by atoms with Gasteiger partial charge in [0.05, 0.1) is 26.9 Å². The smallest absolute Gasteiger partial charge is 0.341 e. The van der Waals surface area contributed by atoms with Gasteiger partial charge >= 0.3 is 5.97 Å². The number of esters is 1. The third-order valence-corrected chi connectivity index (χ3v) is 9.31. The quantitative estimate of drug-likeness (QED) is 0.151. The summed E-state index contributed by atoms with van der Waals surface area (Å²) in [5, 5.41) is 12.9. The van der Waals surface area contributed by atoms with E-state index >= 15 is 0 Å². The highest BCUT2D eigenvalue weighted by Gasteiger charge is 2.26. The number of benzene rings is 2. The lowest BCUT2D eigenvalue weighted by molar-refractivity contribution is -0.115. The van der Waals surface area contributed by atoms with Gasteiger partial charge in [-0.1, -0.05) is 24.6 Å². The number of anilines is 1. The van der Waals surface area contributed by atoms with Gasteiger partial charge in [0.1, 0.15) is 27.9 Å². The molecule has 1 aliphatic carbocycles. The van der Waals surface area contributed by atoms with E-state index in [2.05, 4.69) is 15.5 Å². The van der Waals surface area contributed by atoms with Gasteiger partial charge in [-0.05, 0) is 79.8 Å². The summed E-state index contributed by atoms with van der Waals surface area (Å²) in [4.78, 5) is 31.7. The first-order chi connectivity index (χ1) is 21.0. The van der Waals surface area contributed by atoms with E-state index in [-0.39, 0.29) is 12.3 Å². The Kier molecular flexibility index (Phi) is 10.3. The van der Waals surface area contributed by atoms with E-state index in [1.165, 1.54) is 41.5 Å². The van der Waals surface area contributed by atoms with E-state index in [1.807, 2.05) is 48.5 Å². The van der Waals surface area contributed by atoms with E-state index in [1.54, 1.807) is 14.2 Å². The summed E-state index contributed by atoms with van der Waals surface area (Å²) in [7, 11) is 4.63. The van der Waals surface area contributed by atoms with Crippen LogP contribution >= 0.6 is 23.1 Å². The number of aromatic nitrogens is 3. The summed E-state index contributed by atoms with van der Waals surface area (Å²) in [6.45, 7) is 0. The lowest BCUT2D eigenvalue weighted by Crippen LogP contribution is -2.15. The van der Waals surface area contributed by atoms with Gasteiger partial charge in [-0.2, -0.15) is 0 Å². The molecule has 2 heterocycles. The van der Waals surface area contributed by atoms with Crippen LogP contribution in [0.25, 0.3) is 22.5 Å². The number of carbonyl (C=O) groups excluding carboxylic acids is 2. The Balaban J connectivity index is 1.31. The molecular weight excluding hydrogens is 585 g/mol. The van der Waals surface area contributed by atoms with Crippen molar-refractivity contribution >= 4 is 40.0 Å². The van der Waals surface area contributed by atoms with Gasteiger partial charge in [-0.3, -0.25) is 4.79 Å². The number of nitrogens with one attached hydrogen (secondary N) is 1. The summed E-state index contributed by atoms with van der Waals surface area (Å²) in [5.74, 6) is 1.35. The number of ether oxygens (including phenoxy) is 3. The molecular formula is C32H34N4O5S2. The first-order valence-electron chi connectivity index (χ1n) is 14.2. The first kappa shape index (κ1) is 30.5. The van der Waals surface area contributed by atoms with E-state index < -0.39 is 5.97 Å². The molecule has 0 bridgehead atoms. The molecule has 224 valence electrons. The van der Waals surface area contributed by atoms with Crippen LogP contribution in [-0.4, -0.2) is 54.1 Å². The predicted molar refractivity (Wildman–Crippen MR) is 169 cm³/mol. The minimum Gasteiger partial charge on any atom is -0.497 e. The second kappa shape index (κ2) is 14.5. The second-order valence-electron chi connectivity index (χ2n) is 10.0. The first-order valence-corrected chi connectivity index (χ1v) is 16.0. The van der Waals surface area contributed by atoms with Crippen molar-refractivity contribution in [2.24, 2.45) is 0 Å². The molecule has 4 aromatic rings. The largest absolute Gasteiger partial charge is 0.497 e. The molecule has 1 N–H and O–H groups in total. The van der Waals surface area contributed by atoms with Crippen LogP contribution in [0.1, 0.15) is 52.9 Å². The van der Waals surface area contributed by atoms with Crippen molar-refractivity contribution in [3.63, 3.8) is 0 Å². The maximum Gasteiger partial charge on any atom is 0.341 e. The third kappa shape index (κ3) is 7.34. The Bertz CT molecular complexity index is 1570. The molecule has 11 heteroatoms. The Labute approximate surface area is 259 Å². The number of methoxy groups -OCH3 is 3. The summed E-state index contributed by atoms with van der Waals surface area (Å²) in [6, 6.07) is 15.2. The van der Waals surface area contributed by atoms with Crippen molar-refractivity contribution in [2.45, 2.75) is 50.1 Å². The van der Waals surface area contributed by atoms with E-state index in [0.717, 1.165) is 60.3 Å². The Morgan fingerprint density at radius 3 is 2.09 bits per heavy atom. The van der Waals surface area contributed by atoms with Crippen LogP contribution in [0, 0.1) is 0 Å². The Hall–Kier alpha value is -3.96. The second-order valence-corrected chi connectivity index (χ2v) is 12.2. The highest BCUT2D eigenvalue weighted by atomic mass is 32.2. The monoisotopic (exact) mass is 618 g/mol. The topological polar surface area (TPSA) is 113 Å². The molecule has 5 rings (SSSR count). The van der Waals surface area contributed by atoms with Gasteiger partial charge in [0.15, 0.2) is 0 Å². The number of nitrogens with zero attached hydrogens (tertiary/aromatic N) is 3. The lowest BCUT2D eigenvalue weighted by atomic mass is 9.96. The van der Waals surface area contributed by atoms with Crippen LogP contribution in [0.4, 0.5) is 5.00 Å². The standard InChI is InChI=1S/C32H34N4O5S2/c1-39-22-14-10-20(11-15-22)28-29(21-12-16-23(40-2)17-13-21)35-36-32(34-28)42-19-18-26(37)33-30-27(31(38)41-3)24-8-6-4-5-7-9-25(24)43-30/h10-17H,4-9,18-19H2,1-3H3,(H,33,37). The van der Waals surface area contributed by atoms with E-state index in [9.17, 15) is 9.59 Å². The fourth-order valence-electron chi connectivity index (χ4n) is 5.02. The lowest BCUT2D eigenvalue weighted by Gasteiger charge is -2.11. The molecule has 0 saturated carbocycles. The molecule has 0 saturated heterocycles. The summed E-state index contributed by atoms with van der Waals surface area (Å²) in [6.07, 6.45) is 6.41. The third-order valence-electron chi connectivity index (χ3n) is 7.27. The molecule has 0 unspecified atom stereocenters. The van der Waals surface area contributed by atoms with Crippen LogP contribution in [0.15, 0.2) is 53.7 Å². The molecule has 2 aromatic carbocycles. The molecule has 0 spiro atoms. The average molecular weight is 619 g/mol. The Morgan fingerprint density at radius 1 is 0.837 bits per heavy atom. The van der Waals surface area contributed by atoms with Crippen LogP contribution in [0.5, 0.6) is 11.5 Å². The summed E-state index contributed by atoms with van der Waals surface area (Å²) in [5.41, 5.74) is 4.57. The summed E-state index contributed by atoms with van der Waals surface area (Å²) >= 11 is 2.85. The van der Waals surface area contributed by atoms with E-state index in [0.29, 0.717) is 32.9 Å². The van der Waals surface area contributed by atoms with Gasteiger partial charge < -0.3 is 19.5 Å². The summed E-state index contributed by atoms with van der Waals surface area (Å²) < 4.78 is 15.7. The van der Waals surface area contributed by atoms with Crippen molar-refractivity contribution in [3.8, 4) is 34.0 Å². The van der Waals surface area contributed by atoms with Gasteiger partial charge in [-0.25, -0.2) is 9.78 Å². The normalized spacial score (nSPS) is 12.9. The molecule has 43 heavy (non-hydrogen) atoms. The van der Waals surface area contributed by atoms with Crippen molar-refractivity contribution in [3.05, 3.63) is 64.5 Å². The number of aryl methyl sites for hydroxylation is 1. The number of carbonyl (C=O) groups is 2. The fraction of sp³-hybridized carbons (Fsp3) is 0.344. The molecule has 1 aliphatic rings. The number of thioether (sulfide) groups is 1. The van der Waals surface area contributed by atoms with Crippen molar-refractivity contribution in [1.29, 1.82) is 0 Å². The van der Waals surface area contributed by atoms with Gasteiger partial charge in [0.25, 0.3) is 0 Å². The van der Waals surface area contributed by atoms with Crippen LogP contribution in [0.3, 0.4) is 0 Å². The molecule has 0 radical (unpaired) electrons. The molecule has 0 atom stereocenters. The van der Waals surface area contributed by atoms with E-state index in [4.69, 9.17) is 19.2 Å². The zero-order chi connectivity index (χ0) is 30.2. The molecule has 2 aromatic heterocycles. The molecule has 0 aliphatic heterocycles.